The maximum absolute atomic E-state index is 12.7. The van der Waals surface area contributed by atoms with Gasteiger partial charge in [-0.3, -0.25) is 9.36 Å². The Hall–Kier alpha value is -3.75. The molecule has 1 aromatic carbocycles. The number of aromatic amines is 1. The molecular weight excluding hydrogens is 392 g/mol. The van der Waals surface area contributed by atoms with Gasteiger partial charge < -0.3 is 15.2 Å². The second-order valence-corrected chi connectivity index (χ2v) is 7.76. The Morgan fingerprint density at radius 1 is 1.16 bits per heavy atom. The predicted octanol–water partition coefficient (Wildman–Crippen LogP) is 2.38. The molecule has 9 nitrogen and oxygen atoms in total. The van der Waals surface area contributed by atoms with Gasteiger partial charge in [0.15, 0.2) is 0 Å². The lowest BCUT2D eigenvalue weighted by molar-refractivity contribution is -0.125. The number of anilines is 1. The highest BCUT2D eigenvalue weighted by Crippen LogP contribution is 2.23. The number of piperidine rings is 1. The molecule has 1 saturated heterocycles. The summed E-state index contributed by atoms with van der Waals surface area (Å²) in [6, 6.07) is 9.83. The number of aryl methyl sites for hydroxylation is 1. The van der Waals surface area contributed by atoms with Crippen molar-refractivity contribution in [3.63, 3.8) is 0 Å². The summed E-state index contributed by atoms with van der Waals surface area (Å²) in [5.41, 5.74) is 1.89. The second kappa shape index (κ2) is 8.17. The van der Waals surface area contributed by atoms with Gasteiger partial charge in [0, 0.05) is 37.5 Å². The fourth-order valence-electron chi connectivity index (χ4n) is 4.04. The highest BCUT2D eigenvalue weighted by atomic mass is 16.1. The topological polar surface area (TPSA) is 105 Å². The van der Waals surface area contributed by atoms with E-state index in [-0.39, 0.29) is 11.8 Å². The molecule has 0 spiro atoms. The van der Waals surface area contributed by atoms with Crippen LogP contribution in [0.25, 0.3) is 16.9 Å². The lowest BCUT2D eigenvalue weighted by Gasteiger charge is -2.32. The Morgan fingerprint density at radius 2 is 1.97 bits per heavy atom. The van der Waals surface area contributed by atoms with Crippen LogP contribution < -0.4 is 10.2 Å². The van der Waals surface area contributed by atoms with E-state index >= 15 is 0 Å². The SMILES string of the molecule is Cc1nccn1-c1cc(N2CCC(C(=O)NCc3nc4ccccc4[nH]3)CC2)ncn1. The van der Waals surface area contributed by atoms with Crippen molar-refractivity contribution in [2.24, 2.45) is 5.92 Å². The fourth-order valence-corrected chi connectivity index (χ4v) is 4.04. The Balaban J connectivity index is 1.17. The maximum atomic E-state index is 12.7. The summed E-state index contributed by atoms with van der Waals surface area (Å²) in [5, 5.41) is 3.03. The van der Waals surface area contributed by atoms with E-state index in [1.54, 1.807) is 12.5 Å². The van der Waals surface area contributed by atoms with Gasteiger partial charge in [-0.1, -0.05) is 12.1 Å². The van der Waals surface area contributed by atoms with E-state index in [1.165, 1.54) is 0 Å². The molecule has 0 unspecified atom stereocenters. The van der Waals surface area contributed by atoms with Crippen LogP contribution in [-0.4, -0.2) is 48.5 Å². The van der Waals surface area contributed by atoms with Gasteiger partial charge in [-0.15, -0.1) is 0 Å². The van der Waals surface area contributed by atoms with Crippen molar-refractivity contribution in [2.75, 3.05) is 18.0 Å². The van der Waals surface area contributed by atoms with E-state index in [1.807, 2.05) is 48.0 Å². The zero-order valence-electron chi connectivity index (χ0n) is 17.3. The molecule has 0 atom stereocenters. The minimum absolute atomic E-state index is 0.00201. The first kappa shape index (κ1) is 19.2. The van der Waals surface area contributed by atoms with E-state index < -0.39 is 0 Å². The molecule has 5 rings (SSSR count). The summed E-state index contributed by atoms with van der Waals surface area (Å²) >= 11 is 0. The van der Waals surface area contributed by atoms with Gasteiger partial charge in [0.1, 0.15) is 29.6 Å². The Bertz CT molecular complexity index is 1170. The van der Waals surface area contributed by atoms with Crippen molar-refractivity contribution in [1.29, 1.82) is 0 Å². The van der Waals surface area contributed by atoms with Crippen LogP contribution in [0.5, 0.6) is 0 Å². The lowest BCUT2D eigenvalue weighted by Crippen LogP contribution is -2.40. The van der Waals surface area contributed by atoms with Crippen LogP contribution in [0.4, 0.5) is 5.82 Å². The van der Waals surface area contributed by atoms with Crippen LogP contribution >= 0.6 is 0 Å². The molecule has 2 N–H and O–H groups in total. The number of hydrogen-bond donors (Lipinski definition) is 2. The molecule has 4 heterocycles. The molecule has 4 aromatic rings. The second-order valence-electron chi connectivity index (χ2n) is 7.76. The third-order valence-corrected chi connectivity index (χ3v) is 5.77. The van der Waals surface area contributed by atoms with Crippen LogP contribution in [0.15, 0.2) is 49.1 Å². The number of H-pyrrole nitrogens is 1. The highest BCUT2D eigenvalue weighted by molar-refractivity contribution is 5.79. The van der Waals surface area contributed by atoms with E-state index in [0.29, 0.717) is 6.54 Å². The van der Waals surface area contributed by atoms with Crippen LogP contribution in [0.1, 0.15) is 24.5 Å². The first-order valence-electron chi connectivity index (χ1n) is 10.5. The number of amides is 1. The van der Waals surface area contributed by atoms with Gasteiger partial charge in [-0.05, 0) is 31.9 Å². The van der Waals surface area contributed by atoms with Gasteiger partial charge >= 0.3 is 0 Å². The van der Waals surface area contributed by atoms with Crippen molar-refractivity contribution in [3.8, 4) is 5.82 Å². The number of carbonyl (C=O) groups excluding carboxylic acids is 1. The molecule has 31 heavy (non-hydrogen) atoms. The Labute approximate surface area is 179 Å². The average Bonchev–Trinajstić information content (AvgIpc) is 3.43. The van der Waals surface area contributed by atoms with E-state index in [9.17, 15) is 4.79 Å². The average molecular weight is 416 g/mol. The number of nitrogens with one attached hydrogen (secondary N) is 2. The molecule has 158 valence electrons. The summed E-state index contributed by atoms with van der Waals surface area (Å²) < 4.78 is 1.93. The number of fused-ring (bicyclic) bond motifs is 1. The zero-order valence-corrected chi connectivity index (χ0v) is 17.3. The van der Waals surface area contributed by atoms with Gasteiger partial charge in [-0.2, -0.15) is 0 Å². The summed E-state index contributed by atoms with van der Waals surface area (Å²) in [4.78, 5) is 35.7. The van der Waals surface area contributed by atoms with Crippen molar-refractivity contribution in [1.82, 2.24) is 34.8 Å². The number of carbonyl (C=O) groups is 1. The monoisotopic (exact) mass is 416 g/mol. The van der Waals surface area contributed by atoms with E-state index in [4.69, 9.17) is 0 Å². The smallest absolute Gasteiger partial charge is 0.223 e. The molecule has 1 fully saturated rings. The summed E-state index contributed by atoms with van der Waals surface area (Å²) in [6.45, 7) is 3.91. The van der Waals surface area contributed by atoms with E-state index in [2.05, 4.69) is 35.1 Å². The predicted molar refractivity (Wildman–Crippen MR) is 117 cm³/mol. The lowest BCUT2D eigenvalue weighted by atomic mass is 9.96. The highest BCUT2D eigenvalue weighted by Gasteiger charge is 2.26. The van der Waals surface area contributed by atoms with Crippen LogP contribution in [-0.2, 0) is 11.3 Å². The van der Waals surface area contributed by atoms with Crippen molar-refractivity contribution >= 4 is 22.8 Å². The third-order valence-electron chi connectivity index (χ3n) is 5.77. The van der Waals surface area contributed by atoms with Crippen LogP contribution in [0.3, 0.4) is 0 Å². The summed E-state index contributed by atoms with van der Waals surface area (Å²) in [7, 11) is 0. The van der Waals surface area contributed by atoms with Gasteiger partial charge in [0.2, 0.25) is 5.91 Å². The minimum atomic E-state index is -0.00201. The van der Waals surface area contributed by atoms with Crippen molar-refractivity contribution in [3.05, 3.63) is 60.7 Å². The van der Waals surface area contributed by atoms with Crippen LogP contribution in [0, 0.1) is 12.8 Å². The quantitative estimate of drug-likeness (QED) is 0.518. The first-order valence-corrected chi connectivity index (χ1v) is 10.5. The number of imidazole rings is 2. The molecule has 1 aliphatic rings. The maximum Gasteiger partial charge on any atom is 0.223 e. The molecular formula is C22H24N8O. The number of nitrogens with zero attached hydrogens (tertiary/aromatic N) is 6. The van der Waals surface area contributed by atoms with Gasteiger partial charge in [0.05, 0.1) is 17.6 Å². The number of rotatable bonds is 5. The Morgan fingerprint density at radius 3 is 2.74 bits per heavy atom. The number of aromatic nitrogens is 6. The normalized spacial score (nSPS) is 14.8. The molecule has 0 radical (unpaired) electrons. The van der Waals surface area contributed by atoms with Gasteiger partial charge in [-0.25, -0.2) is 19.9 Å². The molecule has 0 bridgehead atoms. The molecule has 9 heteroatoms. The minimum Gasteiger partial charge on any atom is -0.356 e. The van der Waals surface area contributed by atoms with Crippen molar-refractivity contribution < 1.29 is 4.79 Å². The first-order chi connectivity index (χ1) is 15.2. The van der Waals surface area contributed by atoms with Crippen LogP contribution in [0.2, 0.25) is 0 Å². The van der Waals surface area contributed by atoms with Gasteiger partial charge in [0.25, 0.3) is 0 Å². The third kappa shape index (κ3) is 3.98. The number of benzene rings is 1. The van der Waals surface area contributed by atoms with Crippen molar-refractivity contribution in [2.45, 2.75) is 26.3 Å². The molecule has 3 aromatic heterocycles. The molecule has 1 aliphatic heterocycles. The molecule has 0 saturated carbocycles. The fraction of sp³-hybridized carbons (Fsp3) is 0.318. The summed E-state index contributed by atoms with van der Waals surface area (Å²) in [5.74, 6) is 3.40. The summed E-state index contributed by atoms with van der Waals surface area (Å²) in [6.07, 6.45) is 6.80. The standard InChI is InChI=1S/C22H24N8O/c1-15-23-8-11-30(15)21-12-20(25-14-26-21)29-9-6-16(7-10-29)22(31)24-13-19-27-17-4-2-3-5-18(17)28-19/h2-5,8,11-12,14,16H,6-7,9-10,13H2,1H3,(H,24,31)(H,27,28). The molecule has 1 amide bonds. The number of para-hydroxylation sites is 2. The number of hydrogen-bond acceptors (Lipinski definition) is 6. The molecule has 0 aliphatic carbocycles. The Kier molecular flexibility index (Phi) is 5.07. The largest absolute Gasteiger partial charge is 0.356 e. The zero-order chi connectivity index (χ0) is 21.2. The van der Waals surface area contributed by atoms with E-state index in [0.717, 1.165) is 60.2 Å².